The summed E-state index contributed by atoms with van der Waals surface area (Å²) in [5.41, 5.74) is 0.935. The van der Waals surface area contributed by atoms with Crippen LogP contribution in [0.2, 0.25) is 0 Å². The lowest BCUT2D eigenvalue weighted by atomic mass is 10.1. The molecule has 0 saturated heterocycles. The van der Waals surface area contributed by atoms with Crippen molar-refractivity contribution in [1.82, 2.24) is 9.88 Å². The Morgan fingerprint density at radius 3 is 2.42 bits per heavy atom. The van der Waals surface area contributed by atoms with Gasteiger partial charge in [0.1, 0.15) is 0 Å². The second-order valence-corrected chi connectivity index (χ2v) is 4.95. The SMILES string of the molecule is CCCCCCCCN1C(=O)c2ccncc2C1=O. The van der Waals surface area contributed by atoms with E-state index in [4.69, 9.17) is 0 Å². The van der Waals surface area contributed by atoms with Crippen molar-refractivity contribution in [2.45, 2.75) is 45.4 Å². The van der Waals surface area contributed by atoms with Crippen LogP contribution < -0.4 is 0 Å². The van der Waals surface area contributed by atoms with Gasteiger partial charge >= 0.3 is 0 Å². The van der Waals surface area contributed by atoms with Crippen LogP contribution in [0.4, 0.5) is 0 Å². The molecule has 0 radical (unpaired) electrons. The Morgan fingerprint density at radius 1 is 1.00 bits per heavy atom. The molecule has 1 aliphatic heterocycles. The standard InChI is InChI=1S/C15H20N2O2/c1-2-3-4-5-6-7-10-17-14(18)12-8-9-16-11-13(12)15(17)19/h8-9,11H,2-7,10H2,1H3. The summed E-state index contributed by atoms with van der Waals surface area (Å²) in [6.07, 6.45) is 9.91. The van der Waals surface area contributed by atoms with Gasteiger partial charge in [0.25, 0.3) is 11.8 Å². The van der Waals surface area contributed by atoms with Gasteiger partial charge in [0, 0.05) is 18.9 Å². The molecule has 2 heterocycles. The van der Waals surface area contributed by atoms with E-state index in [1.165, 1.54) is 36.8 Å². The number of rotatable bonds is 7. The Kier molecular flexibility index (Phi) is 4.66. The number of imide groups is 1. The number of carbonyl (C=O) groups is 2. The highest BCUT2D eigenvalue weighted by atomic mass is 16.2. The van der Waals surface area contributed by atoms with E-state index >= 15 is 0 Å². The monoisotopic (exact) mass is 260 g/mol. The number of hydrogen-bond acceptors (Lipinski definition) is 3. The van der Waals surface area contributed by atoms with Gasteiger partial charge in [-0.2, -0.15) is 0 Å². The van der Waals surface area contributed by atoms with Crippen LogP contribution in [0.15, 0.2) is 18.5 Å². The van der Waals surface area contributed by atoms with Crippen LogP contribution in [-0.4, -0.2) is 28.2 Å². The van der Waals surface area contributed by atoms with Crippen LogP contribution in [0.25, 0.3) is 0 Å². The summed E-state index contributed by atoms with van der Waals surface area (Å²) in [6, 6.07) is 1.62. The lowest BCUT2D eigenvalue weighted by molar-refractivity contribution is 0.0651. The molecule has 0 N–H and O–H groups in total. The molecule has 0 atom stereocenters. The van der Waals surface area contributed by atoms with E-state index in [0.29, 0.717) is 17.7 Å². The lowest BCUT2D eigenvalue weighted by Crippen LogP contribution is -2.30. The average Bonchev–Trinajstić information content (AvgIpc) is 2.68. The zero-order chi connectivity index (χ0) is 13.7. The molecule has 2 amide bonds. The van der Waals surface area contributed by atoms with E-state index in [1.54, 1.807) is 12.3 Å². The molecule has 4 heteroatoms. The largest absolute Gasteiger partial charge is 0.274 e. The number of unbranched alkanes of at least 4 members (excludes halogenated alkanes) is 5. The minimum Gasteiger partial charge on any atom is -0.274 e. The summed E-state index contributed by atoms with van der Waals surface area (Å²) in [7, 11) is 0. The third-order valence-corrected chi connectivity index (χ3v) is 3.51. The molecule has 0 aliphatic carbocycles. The molecule has 4 nitrogen and oxygen atoms in total. The van der Waals surface area contributed by atoms with Gasteiger partial charge in [0.15, 0.2) is 0 Å². The number of fused-ring (bicyclic) bond motifs is 1. The lowest BCUT2D eigenvalue weighted by Gasteiger charge is -2.13. The van der Waals surface area contributed by atoms with Crippen molar-refractivity contribution in [3.05, 3.63) is 29.6 Å². The quantitative estimate of drug-likeness (QED) is 0.559. The van der Waals surface area contributed by atoms with Crippen molar-refractivity contribution >= 4 is 11.8 Å². The highest BCUT2D eigenvalue weighted by molar-refractivity contribution is 6.21. The number of aromatic nitrogens is 1. The molecule has 0 bridgehead atoms. The first-order valence-electron chi connectivity index (χ1n) is 7.06. The van der Waals surface area contributed by atoms with Gasteiger partial charge in [-0.1, -0.05) is 39.0 Å². The topological polar surface area (TPSA) is 50.3 Å². The summed E-state index contributed by atoms with van der Waals surface area (Å²) < 4.78 is 0. The zero-order valence-electron chi connectivity index (χ0n) is 11.4. The summed E-state index contributed by atoms with van der Waals surface area (Å²) in [5.74, 6) is -0.363. The maximum absolute atomic E-state index is 12.1. The van der Waals surface area contributed by atoms with Gasteiger partial charge in [0.05, 0.1) is 11.1 Å². The van der Waals surface area contributed by atoms with Crippen LogP contribution in [0.5, 0.6) is 0 Å². The van der Waals surface area contributed by atoms with E-state index < -0.39 is 0 Å². The molecule has 1 aromatic rings. The third kappa shape index (κ3) is 3.00. The van der Waals surface area contributed by atoms with E-state index in [1.807, 2.05) is 0 Å². The van der Waals surface area contributed by atoms with Crippen LogP contribution in [-0.2, 0) is 0 Å². The summed E-state index contributed by atoms with van der Waals surface area (Å²) >= 11 is 0. The molecule has 0 aromatic carbocycles. The van der Waals surface area contributed by atoms with Gasteiger partial charge in [0.2, 0.25) is 0 Å². The summed E-state index contributed by atoms with van der Waals surface area (Å²) in [4.78, 5) is 29.3. The molecule has 2 rings (SSSR count). The Bertz CT molecular complexity index is 436. The predicted molar refractivity (Wildman–Crippen MR) is 73.0 cm³/mol. The fourth-order valence-corrected chi connectivity index (χ4v) is 2.39. The van der Waals surface area contributed by atoms with Gasteiger partial charge in [-0.15, -0.1) is 0 Å². The zero-order valence-corrected chi connectivity index (χ0v) is 11.4. The number of amides is 2. The number of pyridine rings is 1. The van der Waals surface area contributed by atoms with E-state index in [-0.39, 0.29) is 11.8 Å². The number of nitrogens with zero attached hydrogens (tertiary/aromatic N) is 2. The number of carbonyl (C=O) groups excluding carboxylic acids is 2. The molecule has 0 saturated carbocycles. The first-order chi connectivity index (χ1) is 9.25. The van der Waals surface area contributed by atoms with Crippen LogP contribution in [0, 0.1) is 0 Å². The maximum atomic E-state index is 12.1. The molecule has 102 valence electrons. The van der Waals surface area contributed by atoms with Crippen molar-refractivity contribution in [2.24, 2.45) is 0 Å². The summed E-state index contributed by atoms with van der Waals surface area (Å²) in [6.45, 7) is 2.71. The minimum absolute atomic E-state index is 0.170. The van der Waals surface area contributed by atoms with E-state index in [0.717, 1.165) is 12.8 Å². The highest BCUT2D eigenvalue weighted by Gasteiger charge is 2.34. The molecule has 1 aromatic heterocycles. The van der Waals surface area contributed by atoms with Gasteiger partial charge < -0.3 is 0 Å². The van der Waals surface area contributed by atoms with Crippen molar-refractivity contribution in [1.29, 1.82) is 0 Å². The van der Waals surface area contributed by atoms with Gasteiger partial charge in [-0.05, 0) is 12.5 Å². The predicted octanol–water partition coefficient (Wildman–Crippen LogP) is 3.04. The van der Waals surface area contributed by atoms with Gasteiger partial charge in [-0.25, -0.2) is 0 Å². The van der Waals surface area contributed by atoms with Crippen LogP contribution in [0.3, 0.4) is 0 Å². The first-order valence-corrected chi connectivity index (χ1v) is 7.06. The van der Waals surface area contributed by atoms with Crippen molar-refractivity contribution in [3.63, 3.8) is 0 Å². The molecule has 0 spiro atoms. The molecule has 0 unspecified atom stereocenters. The van der Waals surface area contributed by atoms with Crippen LogP contribution in [0.1, 0.15) is 66.2 Å². The normalized spacial score (nSPS) is 14.1. The smallest absolute Gasteiger partial charge is 0.263 e. The van der Waals surface area contributed by atoms with Crippen molar-refractivity contribution < 1.29 is 9.59 Å². The fourth-order valence-electron chi connectivity index (χ4n) is 2.39. The Morgan fingerprint density at radius 2 is 1.68 bits per heavy atom. The summed E-state index contributed by atoms with van der Waals surface area (Å²) in [5, 5.41) is 0. The molecule has 0 fully saturated rings. The van der Waals surface area contributed by atoms with Gasteiger partial charge in [-0.3, -0.25) is 19.5 Å². The fraction of sp³-hybridized carbons (Fsp3) is 0.533. The highest BCUT2D eigenvalue weighted by Crippen LogP contribution is 2.22. The van der Waals surface area contributed by atoms with Crippen molar-refractivity contribution in [2.75, 3.05) is 6.54 Å². The average molecular weight is 260 g/mol. The maximum Gasteiger partial charge on any atom is 0.263 e. The van der Waals surface area contributed by atoms with Crippen molar-refractivity contribution in [3.8, 4) is 0 Å². The second kappa shape index (κ2) is 6.45. The third-order valence-electron chi connectivity index (χ3n) is 3.51. The minimum atomic E-state index is -0.193. The number of hydrogen-bond donors (Lipinski definition) is 0. The molecular formula is C15H20N2O2. The second-order valence-electron chi connectivity index (χ2n) is 4.95. The van der Waals surface area contributed by atoms with Crippen LogP contribution >= 0.6 is 0 Å². The Hall–Kier alpha value is -1.71. The Balaban J connectivity index is 1.83. The molecular weight excluding hydrogens is 240 g/mol. The van der Waals surface area contributed by atoms with E-state index in [2.05, 4.69) is 11.9 Å². The first kappa shape index (κ1) is 13.7. The Labute approximate surface area is 113 Å². The van der Waals surface area contributed by atoms with E-state index in [9.17, 15) is 9.59 Å². The molecule has 1 aliphatic rings. The molecule has 19 heavy (non-hydrogen) atoms.